The van der Waals surface area contributed by atoms with E-state index >= 15 is 0 Å². The van der Waals surface area contributed by atoms with E-state index in [1.165, 1.54) is 6.07 Å². The van der Waals surface area contributed by atoms with Gasteiger partial charge in [-0.25, -0.2) is 0 Å². The van der Waals surface area contributed by atoms with Gasteiger partial charge in [-0.1, -0.05) is 6.07 Å². The van der Waals surface area contributed by atoms with E-state index in [-0.39, 0.29) is 17.9 Å². The van der Waals surface area contributed by atoms with Crippen molar-refractivity contribution in [2.45, 2.75) is 25.8 Å². The number of aromatic amines is 1. The van der Waals surface area contributed by atoms with Gasteiger partial charge in [0.05, 0.1) is 12.2 Å². The molecule has 3 rings (SSSR count). The van der Waals surface area contributed by atoms with Gasteiger partial charge in [0, 0.05) is 23.9 Å². The first-order valence-electron chi connectivity index (χ1n) is 7.12. The van der Waals surface area contributed by atoms with E-state index in [0.29, 0.717) is 29.8 Å². The average Bonchev–Trinajstić information content (AvgIpc) is 2.53. The Morgan fingerprint density at radius 3 is 2.91 bits per heavy atom. The van der Waals surface area contributed by atoms with E-state index in [0.717, 1.165) is 6.42 Å². The number of hydrogen-bond donors (Lipinski definition) is 2. The zero-order valence-corrected chi connectivity index (χ0v) is 11.9. The molecule has 0 aromatic carbocycles. The van der Waals surface area contributed by atoms with Crippen LogP contribution in [0, 0.1) is 0 Å². The summed E-state index contributed by atoms with van der Waals surface area (Å²) >= 11 is 0. The minimum Gasteiger partial charge on any atom is -0.346 e. The Hall–Kier alpha value is -2.76. The van der Waals surface area contributed by atoms with Gasteiger partial charge in [0.15, 0.2) is 5.78 Å². The van der Waals surface area contributed by atoms with Crippen LogP contribution in [0.2, 0.25) is 0 Å². The average molecular weight is 297 g/mol. The summed E-state index contributed by atoms with van der Waals surface area (Å²) in [7, 11) is 0. The van der Waals surface area contributed by atoms with Crippen molar-refractivity contribution in [2.24, 2.45) is 0 Å². The number of carbonyl (C=O) groups is 2. The highest BCUT2D eigenvalue weighted by atomic mass is 16.2. The molecule has 0 unspecified atom stereocenters. The monoisotopic (exact) mass is 297 g/mol. The van der Waals surface area contributed by atoms with Crippen LogP contribution >= 0.6 is 0 Å². The number of aromatic nitrogens is 2. The summed E-state index contributed by atoms with van der Waals surface area (Å²) in [5.74, 6) is -0.538. The third kappa shape index (κ3) is 2.81. The van der Waals surface area contributed by atoms with Crippen LogP contribution in [-0.4, -0.2) is 21.7 Å². The van der Waals surface area contributed by atoms with Crippen molar-refractivity contribution in [3.05, 3.63) is 63.3 Å². The SMILES string of the molecule is O=C1CCCc2[nH]c(=O)c(C(=O)NCc3ccccn3)cc21. The molecule has 0 bridgehead atoms. The number of nitrogens with zero attached hydrogens (tertiary/aromatic N) is 1. The highest BCUT2D eigenvalue weighted by Crippen LogP contribution is 2.18. The lowest BCUT2D eigenvalue weighted by molar-refractivity contribution is 0.0949. The lowest BCUT2D eigenvalue weighted by Crippen LogP contribution is -2.31. The van der Waals surface area contributed by atoms with Crippen molar-refractivity contribution in [1.29, 1.82) is 0 Å². The number of Topliss-reactive ketones (excluding diaryl/α,β-unsaturated/α-hetero) is 1. The van der Waals surface area contributed by atoms with E-state index in [2.05, 4.69) is 15.3 Å². The predicted octanol–water partition coefficient (Wildman–Crippen LogP) is 1.22. The van der Waals surface area contributed by atoms with Crippen LogP contribution in [0.25, 0.3) is 0 Å². The van der Waals surface area contributed by atoms with Crippen molar-refractivity contribution in [2.75, 3.05) is 0 Å². The Bertz CT molecular complexity index is 781. The van der Waals surface area contributed by atoms with Gasteiger partial charge in [0.2, 0.25) is 0 Å². The number of amides is 1. The highest BCUT2D eigenvalue weighted by molar-refractivity contribution is 6.01. The lowest BCUT2D eigenvalue weighted by Gasteiger charge is -2.15. The Labute approximate surface area is 126 Å². The largest absolute Gasteiger partial charge is 0.346 e. The van der Waals surface area contributed by atoms with Gasteiger partial charge in [0.1, 0.15) is 5.56 Å². The summed E-state index contributed by atoms with van der Waals surface area (Å²) in [4.78, 5) is 42.8. The first-order chi connectivity index (χ1) is 10.6. The smallest absolute Gasteiger partial charge is 0.261 e. The van der Waals surface area contributed by atoms with Crippen LogP contribution in [0.4, 0.5) is 0 Å². The van der Waals surface area contributed by atoms with Gasteiger partial charge >= 0.3 is 0 Å². The van der Waals surface area contributed by atoms with Crippen LogP contribution in [-0.2, 0) is 13.0 Å². The van der Waals surface area contributed by atoms with Gasteiger partial charge in [-0.3, -0.25) is 19.4 Å². The van der Waals surface area contributed by atoms with Gasteiger partial charge in [0.25, 0.3) is 11.5 Å². The molecule has 0 saturated carbocycles. The van der Waals surface area contributed by atoms with Gasteiger partial charge in [-0.2, -0.15) is 0 Å². The number of carbonyl (C=O) groups excluding carboxylic acids is 2. The van der Waals surface area contributed by atoms with Crippen molar-refractivity contribution >= 4 is 11.7 Å². The molecule has 2 N–H and O–H groups in total. The van der Waals surface area contributed by atoms with Gasteiger partial charge < -0.3 is 10.3 Å². The molecule has 0 saturated heterocycles. The minimum absolute atomic E-state index is 0.0312. The molecular formula is C16H15N3O3. The van der Waals surface area contributed by atoms with Gasteiger partial charge in [-0.15, -0.1) is 0 Å². The van der Waals surface area contributed by atoms with E-state index in [9.17, 15) is 14.4 Å². The number of hydrogen-bond acceptors (Lipinski definition) is 4. The van der Waals surface area contributed by atoms with E-state index in [1.54, 1.807) is 18.3 Å². The first-order valence-corrected chi connectivity index (χ1v) is 7.12. The molecule has 0 spiro atoms. The van der Waals surface area contributed by atoms with Crippen molar-refractivity contribution in [3.8, 4) is 0 Å². The maximum Gasteiger partial charge on any atom is 0.261 e. The maximum atomic E-state index is 12.2. The molecule has 112 valence electrons. The van der Waals surface area contributed by atoms with E-state index in [1.807, 2.05) is 6.07 Å². The van der Waals surface area contributed by atoms with Crippen LogP contribution in [0.3, 0.4) is 0 Å². The second kappa shape index (κ2) is 5.93. The summed E-state index contributed by atoms with van der Waals surface area (Å²) in [6.45, 7) is 0.226. The van der Waals surface area contributed by atoms with Crippen molar-refractivity contribution < 1.29 is 9.59 Å². The Morgan fingerprint density at radius 1 is 1.27 bits per heavy atom. The number of ketones is 1. The Morgan fingerprint density at radius 2 is 2.14 bits per heavy atom. The number of fused-ring (bicyclic) bond motifs is 1. The summed E-state index contributed by atoms with van der Waals surface area (Å²) in [5, 5.41) is 2.64. The highest BCUT2D eigenvalue weighted by Gasteiger charge is 2.21. The molecule has 0 radical (unpaired) electrons. The summed E-state index contributed by atoms with van der Waals surface area (Å²) in [5.41, 5.74) is 1.27. The fraction of sp³-hybridized carbons (Fsp3) is 0.250. The molecule has 2 aromatic rings. The van der Waals surface area contributed by atoms with Crippen LogP contribution < -0.4 is 10.9 Å². The van der Waals surface area contributed by atoms with E-state index < -0.39 is 11.5 Å². The van der Waals surface area contributed by atoms with Crippen molar-refractivity contribution in [1.82, 2.24) is 15.3 Å². The third-order valence-electron chi connectivity index (χ3n) is 3.65. The maximum absolute atomic E-state index is 12.2. The quantitative estimate of drug-likeness (QED) is 0.891. The minimum atomic E-state index is -0.506. The molecule has 6 heteroatoms. The molecule has 22 heavy (non-hydrogen) atoms. The third-order valence-corrected chi connectivity index (χ3v) is 3.65. The Balaban J connectivity index is 1.82. The van der Waals surface area contributed by atoms with Crippen LogP contribution in [0.15, 0.2) is 35.3 Å². The fourth-order valence-corrected chi connectivity index (χ4v) is 2.51. The van der Waals surface area contributed by atoms with E-state index in [4.69, 9.17) is 0 Å². The number of H-pyrrole nitrogens is 1. The second-order valence-electron chi connectivity index (χ2n) is 5.18. The summed E-state index contributed by atoms with van der Waals surface area (Å²) < 4.78 is 0. The number of pyridine rings is 2. The molecular weight excluding hydrogens is 282 g/mol. The lowest BCUT2D eigenvalue weighted by atomic mass is 9.93. The molecule has 2 aromatic heterocycles. The molecule has 1 aliphatic carbocycles. The van der Waals surface area contributed by atoms with Gasteiger partial charge in [-0.05, 0) is 31.0 Å². The molecule has 0 fully saturated rings. The van der Waals surface area contributed by atoms with Crippen molar-refractivity contribution in [3.63, 3.8) is 0 Å². The topological polar surface area (TPSA) is 91.9 Å². The Kier molecular flexibility index (Phi) is 3.82. The molecule has 1 aliphatic rings. The fourth-order valence-electron chi connectivity index (χ4n) is 2.51. The normalized spacial score (nSPS) is 13.5. The van der Waals surface area contributed by atoms with Crippen LogP contribution in [0.5, 0.6) is 0 Å². The zero-order chi connectivity index (χ0) is 15.5. The summed E-state index contributed by atoms with van der Waals surface area (Å²) in [6, 6.07) is 6.79. The number of aryl methyl sites for hydroxylation is 1. The zero-order valence-electron chi connectivity index (χ0n) is 11.9. The predicted molar refractivity (Wildman–Crippen MR) is 79.7 cm³/mol. The summed E-state index contributed by atoms with van der Waals surface area (Å²) in [6.07, 6.45) is 3.47. The number of rotatable bonds is 3. The first kappa shape index (κ1) is 14.2. The molecule has 0 atom stereocenters. The molecule has 6 nitrogen and oxygen atoms in total. The second-order valence-corrected chi connectivity index (χ2v) is 5.18. The standard InChI is InChI=1S/C16H15N3O3/c20-14-6-3-5-13-11(14)8-12(16(22)19-13)15(21)18-9-10-4-1-2-7-17-10/h1-2,4,7-8H,3,5-6,9H2,(H,18,21)(H,19,22). The molecule has 2 heterocycles. The molecule has 0 aliphatic heterocycles. The molecule has 1 amide bonds. The number of nitrogens with one attached hydrogen (secondary N) is 2. The van der Waals surface area contributed by atoms with Crippen LogP contribution in [0.1, 0.15) is 44.9 Å².